The van der Waals surface area contributed by atoms with Gasteiger partial charge in [-0.05, 0) is 43.3 Å². The zero-order valence-electron chi connectivity index (χ0n) is 28.7. The van der Waals surface area contributed by atoms with Crippen molar-refractivity contribution in [3.05, 3.63) is 71.4 Å². The number of para-hydroxylation sites is 1. The standard InChI is InChI=1S/C29H30N6O6.2C2HF3O2/c1-18-15-21(23-5-3-4-6-24(23)31-18)16-41-22-9-7-20(8-10-22)25(37)30-17-29(26(38)32-28(40)33-27(29)39)35-13-11-34(12-14-35)19(2)36;2*3-2(4,5)1(6)7/h3-10,15H,11-14,16-17H2,1-2H3,(H,30,37)(H2,32,33,38,39,40);2*(H,6,7). The molecule has 0 bridgehead atoms. The van der Waals surface area contributed by atoms with Gasteiger partial charge < -0.3 is 25.2 Å². The smallest absolute Gasteiger partial charge is 0.489 e. The van der Waals surface area contributed by atoms with Gasteiger partial charge in [-0.3, -0.25) is 39.7 Å². The number of imide groups is 2. The lowest BCUT2D eigenvalue weighted by atomic mass is 9.91. The number of fused-ring (bicyclic) bond motifs is 1. The number of urea groups is 1. The number of piperazine rings is 1. The van der Waals surface area contributed by atoms with Gasteiger partial charge in [0.25, 0.3) is 17.7 Å². The average molecular weight is 787 g/mol. The fourth-order valence-electron chi connectivity index (χ4n) is 5.20. The van der Waals surface area contributed by atoms with Gasteiger partial charge >= 0.3 is 30.3 Å². The van der Waals surface area contributed by atoms with Crippen LogP contribution in [0.5, 0.6) is 5.75 Å². The third kappa shape index (κ3) is 11.3. The fourth-order valence-corrected chi connectivity index (χ4v) is 5.20. The number of nitrogens with zero attached hydrogens (tertiary/aromatic N) is 3. The number of benzene rings is 2. The number of carboxylic acids is 2. The minimum atomic E-state index is -5.08. The summed E-state index contributed by atoms with van der Waals surface area (Å²) in [6.07, 6.45) is -10.2. The van der Waals surface area contributed by atoms with Gasteiger partial charge in [0.2, 0.25) is 5.91 Å². The highest BCUT2D eigenvalue weighted by Gasteiger charge is 2.55. The van der Waals surface area contributed by atoms with Crippen LogP contribution in [0.4, 0.5) is 31.1 Å². The predicted octanol–water partition coefficient (Wildman–Crippen LogP) is 2.39. The Morgan fingerprint density at radius 2 is 1.36 bits per heavy atom. The van der Waals surface area contributed by atoms with Gasteiger partial charge in [0, 0.05) is 55.3 Å². The number of carbonyl (C=O) groups excluding carboxylic acids is 5. The molecular formula is C33H32F6N6O10. The normalized spacial score (nSPS) is 15.6. The van der Waals surface area contributed by atoms with Crippen molar-refractivity contribution in [2.45, 2.75) is 38.3 Å². The summed E-state index contributed by atoms with van der Waals surface area (Å²) in [6, 6.07) is 15.4. The van der Waals surface area contributed by atoms with Crippen molar-refractivity contribution in [1.82, 2.24) is 30.7 Å². The maximum absolute atomic E-state index is 13.1. The van der Waals surface area contributed by atoms with Gasteiger partial charge in [0.1, 0.15) is 12.4 Å². The minimum absolute atomic E-state index is 0.114. The molecule has 3 heterocycles. The molecule has 6 amide bonds. The van der Waals surface area contributed by atoms with Crippen LogP contribution < -0.4 is 20.7 Å². The van der Waals surface area contributed by atoms with Crippen LogP contribution >= 0.6 is 0 Å². The Morgan fingerprint density at radius 3 is 1.85 bits per heavy atom. The van der Waals surface area contributed by atoms with E-state index in [1.54, 1.807) is 34.1 Å². The molecule has 22 heteroatoms. The maximum atomic E-state index is 13.1. The number of halogens is 6. The molecule has 2 aliphatic heterocycles. The molecule has 0 aliphatic carbocycles. The number of aryl methyl sites for hydroxylation is 1. The lowest BCUT2D eigenvalue weighted by Gasteiger charge is -2.46. The number of carboxylic acid groups (broad SMARTS) is 2. The number of carbonyl (C=O) groups is 7. The van der Waals surface area contributed by atoms with E-state index in [1.165, 1.54) is 6.92 Å². The van der Waals surface area contributed by atoms with Crippen molar-refractivity contribution in [3.8, 4) is 5.75 Å². The van der Waals surface area contributed by atoms with Gasteiger partial charge in [0.15, 0.2) is 5.54 Å². The molecule has 16 nitrogen and oxygen atoms in total. The summed E-state index contributed by atoms with van der Waals surface area (Å²) < 4.78 is 69.4. The minimum Gasteiger partial charge on any atom is -0.489 e. The number of alkyl halides is 6. The maximum Gasteiger partial charge on any atom is 0.490 e. The van der Waals surface area contributed by atoms with Gasteiger partial charge in [-0.1, -0.05) is 18.2 Å². The molecular weight excluding hydrogens is 754 g/mol. The summed E-state index contributed by atoms with van der Waals surface area (Å²) >= 11 is 0. The highest BCUT2D eigenvalue weighted by molar-refractivity contribution is 6.23. The number of aliphatic carboxylic acids is 2. The SMILES string of the molecule is CC(=O)N1CCN(C2(CNC(=O)c3ccc(OCc4cc(C)nc5ccccc45)cc3)C(=O)NC(=O)NC2=O)CC1.O=C(O)C(F)(F)F.O=C(O)C(F)(F)F. The molecule has 0 atom stereocenters. The Bertz CT molecular complexity index is 1900. The van der Waals surface area contributed by atoms with Gasteiger partial charge in [-0.25, -0.2) is 14.4 Å². The number of barbiturate groups is 1. The molecule has 3 aromatic rings. The molecule has 5 N–H and O–H groups in total. The Kier molecular flexibility index (Phi) is 13.8. The van der Waals surface area contributed by atoms with Crippen molar-refractivity contribution < 1.29 is 74.9 Å². The van der Waals surface area contributed by atoms with E-state index in [2.05, 4.69) is 20.9 Å². The molecule has 2 aliphatic rings. The van der Waals surface area contributed by atoms with Gasteiger partial charge in [-0.2, -0.15) is 26.3 Å². The van der Waals surface area contributed by atoms with Crippen LogP contribution in [-0.2, 0) is 30.6 Å². The number of ether oxygens (including phenoxy) is 1. The summed E-state index contributed by atoms with van der Waals surface area (Å²) in [5, 5.41) is 22.2. The summed E-state index contributed by atoms with van der Waals surface area (Å²) in [6.45, 7) is 4.35. The second-order valence-electron chi connectivity index (χ2n) is 11.6. The zero-order chi connectivity index (χ0) is 41.3. The van der Waals surface area contributed by atoms with Crippen LogP contribution in [0.3, 0.4) is 0 Å². The van der Waals surface area contributed by atoms with Crippen LogP contribution in [0.25, 0.3) is 10.9 Å². The van der Waals surface area contributed by atoms with Crippen molar-refractivity contribution in [2.75, 3.05) is 32.7 Å². The van der Waals surface area contributed by atoms with Crippen molar-refractivity contribution in [2.24, 2.45) is 0 Å². The fraction of sp³-hybridized carbons (Fsp3) is 0.333. The first-order valence-corrected chi connectivity index (χ1v) is 15.7. The van der Waals surface area contributed by atoms with Crippen molar-refractivity contribution in [1.29, 1.82) is 0 Å². The highest BCUT2D eigenvalue weighted by Crippen LogP contribution is 2.23. The summed E-state index contributed by atoms with van der Waals surface area (Å²) in [7, 11) is 0. The number of aromatic nitrogens is 1. The lowest BCUT2D eigenvalue weighted by molar-refractivity contribution is -0.193. The Morgan fingerprint density at radius 1 is 0.855 bits per heavy atom. The zero-order valence-corrected chi connectivity index (χ0v) is 28.7. The summed E-state index contributed by atoms with van der Waals surface area (Å²) in [5.74, 6) is -7.23. The molecule has 0 unspecified atom stereocenters. The lowest BCUT2D eigenvalue weighted by Crippen LogP contribution is -2.78. The Hall–Kier alpha value is -6.32. The van der Waals surface area contributed by atoms with Gasteiger partial charge in [0.05, 0.1) is 12.1 Å². The Labute approximate surface area is 306 Å². The monoisotopic (exact) mass is 786 g/mol. The van der Waals surface area contributed by atoms with E-state index < -0.39 is 53.6 Å². The average Bonchev–Trinajstić information content (AvgIpc) is 3.10. The van der Waals surface area contributed by atoms with Crippen molar-refractivity contribution >= 4 is 52.5 Å². The second kappa shape index (κ2) is 17.7. The number of pyridine rings is 1. The molecule has 296 valence electrons. The molecule has 1 aromatic heterocycles. The van der Waals surface area contributed by atoms with E-state index in [-0.39, 0.29) is 25.5 Å². The van der Waals surface area contributed by atoms with E-state index in [0.717, 1.165) is 22.2 Å². The van der Waals surface area contributed by atoms with Crippen LogP contribution in [-0.4, -0.2) is 117 Å². The first-order valence-electron chi connectivity index (χ1n) is 15.7. The van der Waals surface area contributed by atoms with Gasteiger partial charge in [-0.15, -0.1) is 0 Å². The molecule has 0 spiro atoms. The second-order valence-corrected chi connectivity index (χ2v) is 11.6. The quantitative estimate of drug-likeness (QED) is 0.172. The number of rotatable bonds is 7. The van der Waals surface area contributed by atoms with E-state index in [1.807, 2.05) is 37.3 Å². The predicted molar refractivity (Wildman–Crippen MR) is 175 cm³/mol. The number of hydrogen-bond acceptors (Lipinski definition) is 10. The van der Waals surface area contributed by atoms with Crippen LogP contribution in [0.1, 0.15) is 28.5 Å². The largest absolute Gasteiger partial charge is 0.490 e. The Balaban J connectivity index is 0.000000494. The molecule has 2 aromatic carbocycles. The molecule has 55 heavy (non-hydrogen) atoms. The summed E-state index contributed by atoms with van der Waals surface area (Å²) in [4.78, 5) is 88.2. The molecule has 5 rings (SSSR count). The van der Waals surface area contributed by atoms with Crippen LogP contribution in [0, 0.1) is 6.92 Å². The number of amides is 6. The molecule has 2 saturated heterocycles. The number of hydrogen-bond donors (Lipinski definition) is 5. The van der Waals surface area contributed by atoms with E-state index in [4.69, 9.17) is 24.5 Å². The first-order chi connectivity index (χ1) is 25.6. The van der Waals surface area contributed by atoms with E-state index in [9.17, 15) is 50.3 Å². The topological polar surface area (TPSA) is 225 Å². The molecule has 2 fully saturated rings. The van der Waals surface area contributed by atoms with E-state index >= 15 is 0 Å². The van der Waals surface area contributed by atoms with Crippen LogP contribution in [0.15, 0.2) is 54.6 Å². The number of nitrogens with one attached hydrogen (secondary N) is 3. The first kappa shape index (κ1) is 43.1. The third-order valence-electron chi connectivity index (χ3n) is 7.90. The highest BCUT2D eigenvalue weighted by atomic mass is 19.4. The molecule has 0 saturated carbocycles. The van der Waals surface area contributed by atoms with Crippen LogP contribution in [0.2, 0.25) is 0 Å². The van der Waals surface area contributed by atoms with Crippen molar-refractivity contribution in [3.63, 3.8) is 0 Å². The molecule has 0 radical (unpaired) electrons. The summed E-state index contributed by atoms with van der Waals surface area (Å²) in [5.41, 5.74) is 1.22. The van der Waals surface area contributed by atoms with E-state index in [0.29, 0.717) is 31.0 Å². The third-order valence-corrected chi connectivity index (χ3v) is 7.90.